The van der Waals surface area contributed by atoms with Crippen molar-refractivity contribution < 1.29 is 14.3 Å². The van der Waals surface area contributed by atoms with Gasteiger partial charge in [-0.25, -0.2) is 9.97 Å². The zero-order chi connectivity index (χ0) is 16.6. The molecule has 0 saturated carbocycles. The van der Waals surface area contributed by atoms with Gasteiger partial charge in [-0.1, -0.05) is 0 Å². The molecule has 1 atom stereocenters. The molecule has 1 amide bonds. The van der Waals surface area contributed by atoms with Gasteiger partial charge in [-0.15, -0.1) is 0 Å². The summed E-state index contributed by atoms with van der Waals surface area (Å²) in [5.74, 6) is 0.790. The fourth-order valence-electron chi connectivity index (χ4n) is 2.31. The Morgan fingerprint density at radius 1 is 1.43 bits per heavy atom. The number of rotatable bonds is 4. The van der Waals surface area contributed by atoms with Gasteiger partial charge in [0.2, 0.25) is 0 Å². The molecule has 7 nitrogen and oxygen atoms in total. The van der Waals surface area contributed by atoms with E-state index in [1.165, 1.54) is 6.20 Å². The molecule has 23 heavy (non-hydrogen) atoms. The van der Waals surface area contributed by atoms with Crippen LogP contribution in [-0.2, 0) is 12.6 Å². The zero-order valence-electron chi connectivity index (χ0n) is 13.2. The van der Waals surface area contributed by atoms with Crippen LogP contribution in [-0.4, -0.2) is 32.1 Å². The maximum absolute atomic E-state index is 12.3. The van der Waals surface area contributed by atoms with E-state index in [4.69, 9.17) is 4.42 Å². The number of fused-ring (bicyclic) bond motifs is 1. The van der Waals surface area contributed by atoms with E-state index in [1.54, 1.807) is 42.9 Å². The summed E-state index contributed by atoms with van der Waals surface area (Å²) in [7, 11) is 1.84. The Kier molecular flexibility index (Phi) is 3.65. The lowest BCUT2D eigenvalue weighted by Gasteiger charge is -2.21. The van der Waals surface area contributed by atoms with Crippen LogP contribution in [0.3, 0.4) is 0 Å². The van der Waals surface area contributed by atoms with Crippen LogP contribution in [0.25, 0.3) is 11.2 Å². The summed E-state index contributed by atoms with van der Waals surface area (Å²) in [6, 6.07) is 5.14. The molecule has 3 aromatic heterocycles. The molecule has 0 aliphatic carbocycles. The average molecular weight is 314 g/mol. The summed E-state index contributed by atoms with van der Waals surface area (Å²) in [6.45, 7) is 3.41. The van der Waals surface area contributed by atoms with Crippen LogP contribution in [0, 0.1) is 6.92 Å². The Balaban J connectivity index is 1.73. The Labute approximate surface area is 133 Å². The predicted molar refractivity (Wildman–Crippen MR) is 83.9 cm³/mol. The van der Waals surface area contributed by atoms with Crippen molar-refractivity contribution in [1.29, 1.82) is 0 Å². The van der Waals surface area contributed by atoms with Crippen molar-refractivity contribution in [1.82, 2.24) is 19.9 Å². The maximum atomic E-state index is 12.3. The van der Waals surface area contributed by atoms with Gasteiger partial charge in [-0.05, 0) is 32.0 Å². The molecule has 3 heterocycles. The Morgan fingerprint density at radius 2 is 2.22 bits per heavy atom. The molecule has 0 radical (unpaired) electrons. The van der Waals surface area contributed by atoms with Crippen molar-refractivity contribution in [3.63, 3.8) is 0 Å². The van der Waals surface area contributed by atoms with Gasteiger partial charge in [0.1, 0.15) is 22.6 Å². The highest BCUT2D eigenvalue weighted by Gasteiger charge is 2.27. The third-order valence-corrected chi connectivity index (χ3v) is 3.68. The van der Waals surface area contributed by atoms with Crippen molar-refractivity contribution in [3.05, 3.63) is 47.8 Å². The second-order valence-corrected chi connectivity index (χ2v) is 5.79. The van der Waals surface area contributed by atoms with Crippen molar-refractivity contribution in [2.45, 2.75) is 19.4 Å². The minimum atomic E-state index is -1.29. The number of hydrogen-bond acceptors (Lipinski definition) is 5. The normalized spacial score (nSPS) is 13.9. The first-order valence-electron chi connectivity index (χ1n) is 7.21. The minimum absolute atomic E-state index is 0.0268. The molecule has 0 saturated heterocycles. The Morgan fingerprint density at radius 3 is 2.91 bits per heavy atom. The summed E-state index contributed by atoms with van der Waals surface area (Å²) in [5.41, 5.74) is 0.461. The van der Waals surface area contributed by atoms with Crippen LogP contribution >= 0.6 is 0 Å². The predicted octanol–water partition coefficient (Wildman–Crippen LogP) is 1.51. The molecule has 7 heteroatoms. The molecule has 120 valence electrons. The van der Waals surface area contributed by atoms with Gasteiger partial charge in [0.15, 0.2) is 5.65 Å². The summed E-state index contributed by atoms with van der Waals surface area (Å²) >= 11 is 0. The molecule has 0 fully saturated rings. The van der Waals surface area contributed by atoms with E-state index >= 15 is 0 Å². The summed E-state index contributed by atoms with van der Waals surface area (Å²) in [5, 5.41) is 13.1. The van der Waals surface area contributed by atoms with E-state index in [1.807, 2.05) is 7.05 Å². The lowest BCUT2D eigenvalue weighted by Crippen LogP contribution is -2.38. The second-order valence-electron chi connectivity index (χ2n) is 5.79. The molecule has 0 bridgehead atoms. The SMILES string of the molecule is Cc1ccc(C(C)(O)CNC(=O)c2cnc3c(c2)ncn3C)o1. The van der Waals surface area contributed by atoms with Crippen molar-refractivity contribution in [3.8, 4) is 0 Å². The number of aliphatic hydroxyl groups is 1. The van der Waals surface area contributed by atoms with Gasteiger partial charge in [0.25, 0.3) is 5.91 Å². The molecule has 3 aromatic rings. The number of nitrogens with zero attached hydrogens (tertiary/aromatic N) is 3. The number of nitrogens with one attached hydrogen (secondary N) is 1. The summed E-state index contributed by atoms with van der Waals surface area (Å²) in [6.07, 6.45) is 3.13. The van der Waals surface area contributed by atoms with Crippen molar-refractivity contribution in [2.24, 2.45) is 7.05 Å². The number of furan rings is 1. The number of carbonyl (C=O) groups excluding carboxylic acids is 1. The molecular weight excluding hydrogens is 296 g/mol. The smallest absolute Gasteiger partial charge is 0.253 e. The highest BCUT2D eigenvalue weighted by Crippen LogP contribution is 2.22. The monoisotopic (exact) mass is 314 g/mol. The van der Waals surface area contributed by atoms with Crippen molar-refractivity contribution in [2.75, 3.05) is 6.54 Å². The van der Waals surface area contributed by atoms with E-state index in [-0.39, 0.29) is 12.5 Å². The van der Waals surface area contributed by atoms with Crippen LogP contribution in [0.2, 0.25) is 0 Å². The van der Waals surface area contributed by atoms with Gasteiger partial charge in [0, 0.05) is 13.2 Å². The molecule has 2 N–H and O–H groups in total. The van der Waals surface area contributed by atoms with Crippen LogP contribution in [0.5, 0.6) is 0 Å². The van der Waals surface area contributed by atoms with Crippen LogP contribution in [0.15, 0.2) is 35.1 Å². The summed E-state index contributed by atoms with van der Waals surface area (Å²) < 4.78 is 7.20. The van der Waals surface area contributed by atoms with Crippen molar-refractivity contribution >= 4 is 17.1 Å². The molecule has 3 rings (SSSR count). The summed E-state index contributed by atoms with van der Waals surface area (Å²) in [4.78, 5) is 20.7. The maximum Gasteiger partial charge on any atom is 0.253 e. The number of pyridine rings is 1. The van der Waals surface area contributed by atoms with E-state index in [0.717, 1.165) is 0 Å². The molecular formula is C16H18N4O3. The Bertz CT molecular complexity index is 863. The largest absolute Gasteiger partial charge is 0.463 e. The topological polar surface area (TPSA) is 93.2 Å². The van der Waals surface area contributed by atoms with Crippen LogP contribution in [0.4, 0.5) is 0 Å². The van der Waals surface area contributed by atoms with Gasteiger partial charge >= 0.3 is 0 Å². The number of amides is 1. The van der Waals surface area contributed by atoms with E-state index in [2.05, 4.69) is 15.3 Å². The number of aromatic nitrogens is 3. The number of hydrogen-bond donors (Lipinski definition) is 2. The first-order valence-corrected chi connectivity index (χ1v) is 7.21. The third kappa shape index (κ3) is 2.95. The fourth-order valence-corrected chi connectivity index (χ4v) is 2.31. The van der Waals surface area contributed by atoms with Gasteiger partial charge in [-0.3, -0.25) is 4.79 Å². The van der Waals surface area contributed by atoms with Crippen LogP contribution in [0.1, 0.15) is 28.8 Å². The Hall–Kier alpha value is -2.67. The molecule has 0 aliphatic rings. The quantitative estimate of drug-likeness (QED) is 0.761. The first kappa shape index (κ1) is 15.2. The van der Waals surface area contributed by atoms with E-state index in [0.29, 0.717) is 28.2 Å². The number of imidazole rings is 1. The molecule has 1 unspecified atom stereocenters. The highest BCUT2D eigenvalue weighted by atomic mass is 16.4. The van der Waals surface area contributed by atoms with Gasteiger partial charge in [-0.2, -0.15) is 0 Å². The highest BCUT2D eigenvalue weighted by molar-refractivity contribution is 5.96. The minimum Gasteiger partial charge on any atom is -0.463 e. The molecule has 0 aromatic carbocycles. The van der Waals surface area contributed by atoms with Gasteiger partial charge in [0.05, 0.1) is 18.4 Å². The second kappa shape index (κ2) is 5.51. The molecule has 0 aliphatic heterocycles. The zero-order valence-corrected chi connectivity index (χ0v) is 13.2. The number of aryl methyl sites for hydroxylation is 2. The number of carbonyl (C=O) groups is 1. The first-order chi connectivity index (χ1) is 10.9. The van der Waals surface area contributed by atoms with Crippen LogP contribution < -0.4 is 5.32 Å². The lowest BCUT2D eigenvalue weighted by atomic mass is 10.0. The molecule has 0 spiro atoms. The lowest BCUT2D eigenvalue weighted by molar-refractivity contribution is 0.0323. The standard InChI is InChI=1S/C16H18N4O3/c1-10-4-5-13(23-10)16(2,22)8-18-15(21)11-6-12-14(17-7-11)20(3)9-19-12/h4-7,9,22H,8H2,1-3H3,(H,18,21). The van der Waals surface area contributed by atoms with E-state index in [9.17, 15) is 9.90 Å². The van der Waals surface area contributed by atoms with E-state index < -0.39 is 5.60 Å². The average Bonchev–Trinajstić information content (AvgIpc) is 3.12. The fraction of sp³-hybridized carbons (Fsp3) is 0.312. The van der Waals surface area contributed by atoms with Gasteiger partial charge < -0.3 is 19.4 Å². The third-order valence-electron chi connectivity index (χ3n) is 3.68.